The highest BCUT2D eigenvalue weighted by Gasteiger charge is 2.40. The Kier molecular flexibility index (Phi) is 7.81. The van der Waals surface area contributed by atoms with Crippen molar-refractivity contribution in [2.24, 2.45) is 0 Å². The number of methoxy groups -OCH3 is 1. The van der Waals surface area contributed by atoms with Gasteiger partial charge >= 0.3 is 0 Å². The summed E-state index contributed by atoms with van der Waals surface area (Å²) < 4.78 is 6.08. The summed E-state index contributed by atoms with van der Waals surface area (Å²) in [6.45, 7) is 3.61. The third-order valence-electron chi connectivity index (χ3n) is 5.39. The van der Waals surface area contributed by atoms with E-state index in [-0.39, 0.29) is 29.5 Å². The number of benzene rings is 3. The van der Waals surface area contributed by atoms with Crippen LogP contribution in [0.1, 0.15) is 24.2 Å². The van der Waals surface area contributed by atoms with Crippen molar-refractivity contribution in [3.05, 3.63) is 93.4 Å². The molecule has 0 bridgehead atoms. The highest BCUT2D eigenvalue weighted by atomic mass is 79.9. The zero-order valence-electron chi connectivity index (χ0n) is 19.9. The molecule has 36 heavy (non-hydrogen) atoms. The number of amides is 3. The molecule has 0 saturated carbocycles. The molecule has 0 atom stereocenters. The maximum Gasteiger partial charge on any atom is 0.278 e. The predicted molar refractivity (Wildman–Crippen MR) is 145 cm³/mol. The molecule has 0 aromatic heterocycles. The summed E-state index contributed by atoms with van der Waals surface area (Å²) in [5.74, 6) is -0.245. The first-order valence-corrected chi connectivity index (χ1v) is 12.8. The van der Waals surface area contributed by atoms with Crippen molar-refractivity contribution in [1.82, 2.24) is 4.90 Å². The minimum absolute atomic E-state index is 0.222. The van der Waals surface area contributed by atoms with E-state index >= 15 is 0 Å². The molecule has 184 valence electrons. The molecule has 2 N–H and O–H groups in total. The lowest BCUT2D eigenvalue weighted by Gasteiger charge is -2.19. The van der Waals surface area contributed by atoms with Crippen LogP contribution >= 0.6 is 27.7 Å². The van der Waals surface area contributed by atoms with E-state index in [0.29, 0.717) is 27.6 Å². The topological polar surface area (TPSA) is 87.7 Å². The molecule has 4 rings (SSSR count). The maximum absolute atomic E-state index is 13.2. The molecule has 0 fully saturated rings. The van der Waals surface area contributed by atoms with Crippen molar-refractivity contribution >= 4 is 56.8 Å². The summed E-state index contributed by atoms with van der Waals surface area (Å²) in [6.07, 6.45) is 0. The van der Waals surface area contributed by atoms with Crippen LogP contribution in [0.3, 0.4) is 0 Å². The second-order valence-electron chi connectivity index (χ2n) is 8.22. The number of hydrogen-bond donors (Lipinski definition) is 2. The summed E-state index contributed by atoms with van der Waals surface area (Å²) in [5.41, 5.74) is 2.06. The fourth-order valence-corrected chi connectivity index (χ4v) is 4.75. The van der Waals surface area contributed by atoms with Gasteiger partial charge in [0.25, 0.3) is 17.7 Å². The second kappa shape index (κ2) is 11.0. The monoisotopic (exact) mass is 565 g/mol. The van der Waals surface area contributed by atoms with Gasteiger partial charge in [-0.3, -0.25) is 19.3 Å². The second-order valence-corrected chi connectivity index (χ2v) is 10.2. The predicted octanol–water partition coefficient (Wildman–Crippen LogP) is 5.90. The van der Waals surface area contributed by atoms with Crippen LogP contribution in [0.25, 0.3) is 0 Å². The van der Waals surface area contributed by atoms with E-state index in [9.17, 15) is 14.4 Å². The van der Waals surface area contributed by atoms with Crippen molar-refractivity contribution in [3.63, 3.8) is 0 Å². The molecule has 0 saturated heterocycles. The zero-order valence-corrected chi connectivity index (χ0v) is 22.3. The first-order chi connectivity index (χ1) is 17.3. The van der Waals surface area contributed by atoms with Crippen LogP contribution in [0.2, 0.25) is 0 Å². The Morgan fingerprint density at radius 3 is 2.08 bits per heavy atom. The Morgan fingerprint density at radius 2 is 1.50 bits per heavy atom. The first-order valence-electron chi connectivity index (χ1n) is 11.1. The molecule has 1 aliphatic rings. The number of imide groups is 1. The van der Waals surface area contributed by atoms with Gasteiger partial charge in [0.1, 0.15) is 16.4 Å². The van der Waals surface area contributed by atoms with Crippen molar-refractivity contribution in [2.75, 3.05) is 17.7 Å². The van der Waals surface area contributed by atoms with Gasteiger partial charge in [0.05, 0.1) is 7.11 Å². The fourth-order valence-electron chi connectivity index (χ4n) is 3.55. The van der Waals surface area contributed by atoms with Gasteiger partial charge in [-0.05, 0) is 86.6 Å². The molecule has 3 aromatic carbocycles. The highest BCUT2D eigenvalue weighted by Crippen LogP contribution is 2.37. The van der Waals surface area contributed by atoms with Crippen molar-refractivity contribution < 1.29 is 19.1 Å². The third-order valence-corrected chi connectivity index (χ3v) is 7.01. The van der Waals surface area contributed by atoms with Gasteiger partial charge in [-0.15, -0.1) is 0 Å². The van der Waals surface area contributed by atoms with E-state index in [1.807, 2.05) is 0 Å². The Morgan fingerprint density at radius 1 is 0.889 bits per heavy atom. The molecular weight excluding hydrogens is 542 g/mol. The number of nitrogens with one attached hydrogen (secondary N) is 2. The van der Waals surface area contributed by atoms with Gasteiger partial charge < -0.3 is 15.4 Å². The summed E-state index contributed by atoms with van der Waals surface area (Å²) in [6, 6.07) is 21.0. The van der Waals surface area contributed by atoms with Crippen LogP contribution in [0, 0.1) is 0 Å². The Balaban J connectivity index is 1.54. The standard InChI is InChI=1S/C27H24BrN3O4S/c1-16(2)31-26(33)23(29-19-8-12-21(35-3)13-9-19)24(27(31)34)36-22-14-10-20(11-15-22)30-25(32)17-4-6-18(28)7-5-17/h4-16,29H,1-3H3,(H,30,32). The van der Waals surface area contributed by atoms with E-state index in [4.69, 9.17) is 4.74 Å². The number of ether oxygens (including phenoxy) is 1. The molecule has 9 heteroatoms. The van der Waals surface area contributed by atoms with E-state index in [2.05, 4.69) is 26.6 Å². The summed E-state index contributed by atoms with van der Waals surface area (Å²) >= 11 is 4.56. The quantitative estimate of drug-likeness (QED) is 0.330. The average Bonchev–Trinajstić information content (AvgIpc) is 3.10. The third kappa shape index (κ3) is 5.63. The summed E-state index contributed by atoms with van der Waals surface area (Å²) in [4.78, 5) is 41.1. The normalized spacial score (nSPS) is 13.4. The summed E-state index contributed by atoms with van der Waals surface area (Å²) in [5, 5.41) is 5.98. The van der Waals surface area contributed by atoms with E-state index in [1.54, 1.807) is 93.8 Å². The molecule has 3 aromatic rings. The minimum atomic E-state index is -0.369. The Hall–Kier alpha value is -3.56. The van der Waals surface area contributed by atoms with Gasteiger partial charge in [-0.2, -0.15) is 0 Å². The molecule has 3 amide bonds. The molecule has 0 radical (unpaired) electrons. The van der Waals surface area contributed by atoms with Crippen LogP contribution in [-0.4, -0.2) is 35.8 Å². The van der Waals surface area contributed by atoms with E-state index in [0.717, 1.165) is 9.37 Å². The molecular formula is C27H24BrN3O4S. The lowest BCUT2D eigenvalue weighted by Crippen LogP contribution is -2.38. The van der Waals surface area contributed by atoms with Gasteiger partial charge in [-0.1, -0.05) is 27.7 Å². The first kappa shape index (κ1) is 25.5. The van der Waals surface area contributed by atoms with Crippen molar-refractivity contribution in [2.45, 2.75) is 24.8 Å². The number of nitrogens with zero attached hydrogens (tertiary/aromatic N) is 1. The lowest BCUT2D eigenvalue weighted by atomic mass is 10.2. The summed E-state index contributed by atoms with van der Waals surface area (Å²) in [7, 11) is 1.58. The van der Waals surface area contributed by atoms with Gasteiger partial charge in [-0.25, -0.2) is 0 Å². The molecule has 1 aliphatic heterocycles. The number of anilines is 2. The Labute approximate surface area is 222 Å². The molecule has 0 spiro atoms. The largest absolute Gasteiger partial charge is 0.497 e. The smallest absolute Gasteiger partial charge is 0.278 e. The lowest BCUT2D eigenvalue weighted by molar-refractivity contribution is -0.139. The van der Waals surface area contributed by atoms with Gasteiger partial charge in [0, 0.05) is 32.3 Å². The minimum Gasteiger partial charge on any atom is -0.497 e. The SMILES string of the molecule is COc1ccc(NC2=C(Sc3ccc(NC(=O)c4ccc(Br)cc4)cc3)C(=O)N(C(C)C)C2=O)cc1. The van der Waals surface area contributed by atoms with Crippen LogP contribution in [0.15, 0.2) is 92.8 Å². The van der Waals surface area contributed by atoms with Crippen LogP contribution in [0.4, 0.5) is 11.4 Å². The maximum atomic E-state index is 13.2. The molecule has 1 heterocycles. The van der Waals surface area contributed by atoms with E-state index in [1.165, 1.54) is 16.7 Å². The number of carbonyl (C=O) groups excluding carboxylic acids is 3. The number of thioether (sulfide) groups is 1. The molecule has 0 unspecified atom stereocenters. The zero-order chi connectivity index (χ0) is 25.8. The number of hydrogen-bond acceptors (Lipinski definition) is 6. The van der Waals surface area contributed by atoms with Crippen LogP contribution in [-0.2, 0) is 9.59 Å². The molecule has 0 aliphatic carbocycles. The van der Waals surface area contributed by atoms with Crippen LogP contribution in [0.5, 0.6) is 5.75 Å². The van der Waals surface area contributed by atoms with E-state index < -0.39 is 0 Å². The molecule has 7 nitrogen and oxygen atoms in total. The fraction of sp³-hybridized carbons (Fsp3) is 0.148. The number of carbonyl (C=O) groups is 3. The van der Waals surface area contributed by atoms with Crippen LogP contribution < -0.4 is 15.4 Å². The van der Waals surface area contributed by atoms with Crippen molar-refractivity contribution in [1.29, 1.82) is 0 Å². The Bertz CT molecular complexity index is 1320. The number of rotatable bonds is 8. The van der Waals surface area contributed by atoms with Crippen molar-refractivity contribution in [3.8, 4) is 5.75 Å². The highest BCUT2D eigenvalue weighted by molar-refractivity contribution is 9.10. The van der Waals surface area contributed by atoms with Gasteiger partial charge in [0.15, 0.2) is 0 Å². The van der Waals surface area contributed by atoms with Gasteiger partial charge in [0.2, 0.25) is 0 Å². The number of halogens is 1. The average molecular weight is 566 g/mol.